The van der Waals surface area contributed by atoms with Gasteiger partial charge >= 0.3 is 0 Å². The summed E-state index contributed by atoms with van der Waals surface area (Å²) >= 11 is 0. The lowest BCUT2D eigenvalue weighted by Gasteiger charge is -2.40. The Morgan fingerprint density at radius 3 is 2.13 bits per heavy atom. The lowest BCUT2D eigenvalue weighted by molar-refractivity contribution is -0.138. The zero-order chi connectivity index (χ0) is 16.6. The van der Waals surface area contributed by atoms with Gasteiger partial charge in [-0.25, -0.2) is 9.97 Å². The third kappa shape index (κ3) is 1.41. The molecule has 1 heterocycles. The van der Waals surface area contributed by atoms with Crippen LogP contribution in [-0.4, -0.2) is 34.9 Å². The molecule has 4 nitrogen and oxygen atoms in total. The molecule has 120 valence electrons. The van der Waals surface area contributed by atoms with Gasteiger partial charge < -0.3 is 4.90 Å². The Morgan fingerprint density at radius 1 is 1.00 bits per heavy atom. The summed E-state index contributed by atoms with van der Waals surface area (Å²) in [4.78, 5) is 24.9. The average molecular weight is 309 g/mol. The number of hydrogen-bond donors (Lipinski definition) is 0. The van der Waals surface area contributed by atoms with Crippen molar-refractivity contribution in [3.63, 3.8) is 0 Å². The minimum Gasteiger partial charge on any atom is -0.348 e. The molecule has 2 aromatic rings. The van der Waals surface area contributed by atoms with E-state index in [2.05, 4.69) is 20.8 Å². The van der Waals surface area contributed by atoms with E-state index in [0.717, 1.165) is 35.3 Å². The smallest absolute Gasteiger partial charge is 0.234 e. The Labute approximate surface area is 136 Å². The maximum absolute atomic E-state index is 13.2. The summed E-state index contributed by atoms with van der Waals surface area (Å²) in [6, 6.07) is 7.96. The Balaban J connectivity index is 2.10. The van der Waals surface area contributed by atoms with Crippen molar-refractivity contribution in [1.29, 1.82) is 0 Å². The summed E-state index contributed by atoms with van der Waals surface area (Å²) in [5.41, 5.74) is 2.88. The highest BCUT2D eigenvalue weighted by Gasteiger charge is 2.73. The molecule has 0 spiro atoms. The monoisotopic (exact) mass is 309 g/mol. The van der Waals surface area contributed by atoms with E-state index in [9.17, 15) is 4.79 Å². The van der Waals surface area contributed by atoms with Crippen LogP contribution in [0.5, 0.6) is 0 Å². The summed E-state index contributed by atoms with van der Waals surface area (Å²) in [5, 5.41) is 0. The van der Waals surface area contributed by atoms with E-state index in [1.54, 1.807) is 4.90 Å². The molecule has 0 radical (unpaired) electrons. The van der Waals surface area contributed by atoms with Crippen LogP contribution < -0.4 is 0 Å². The normalized spacial score (nSPS) is 30.5. The Morgan fingerprint density at radius 2 is 1.57 bits per heavy atom. The molecule has 0 unspecified atom stereocenters. The lowest BCUT2D eigenvalue weighted by Crippen LogP contribution is -2.50. The SMILES string of the molecule is CN(C)C(=O)[C@@]12CC[C@@](C)(c3nc4ccccc4nc31)C2(C)C. The minimum atomic E-state index is -0.558. The molecule has 2 aliphatic carbocycles. The van der Waals surface area contributed by atoms with E-state index < -0.39 is 5.41 Å². The van der Waals surface area contributed by atoms with Crippen molar-refractivity contribution in [3.8, 4) is 0 Å². The summed E-state index contributed by atoms with van der Waals surface area (Å²) < 4.78 is 0. The lowest BCUT2D eigenvalue weighted by atomic mass is 9.63. The van der Waals surface area contributed by atoms with E-state index in [1.165, 1.54) is 0 Å². The molecule has 1 aromatic heterocycles. The van der Waals surface area contributed by atoms with Crippen LogP contribution in [0.3, 0.4) is 0 Å². The van der Waals surface area contributed by atoms with Gasteiger partial charge in [-0.1, -0.05) is 32.9 Å². The molecule has 4 heteroatoms. The molecule has 1 amide bonds. The van der Waals surface area contributed by atoms with Crippen molar-refractivity contribution in [2.45, 2.75) is 44.4 Å². The molecule has 2 atom stereocenters. The highest BCUT2D eigenvalue weighted by molar-refractivity contribution is 5.92. The van der Waals surface area contributed by atoms with Crippen molar-refractivity contribution in [2.24, 2.45) is 5.41 Å². The van der Waals surface area contributed by atoms with Gasteiger partial charge in [-0.05, 0) is 30.4 Å². The van der Waals surface area contributed by atoms with Gasteiger partial charge in [-0.3, -0.25) is 4.79 Å². The van der Waals surface area contributed by atoms with Crippen LogP contribution in [0.25, 0.3) is 11.0 Å². The van der Waals surface area contributed by atoms with Gasteiger partial charge in [0.25, 0.3) is 0 Å². The quantitative estimate of drug-likeness (QED) is 0.813. The standard InChI is InChI=1S/C19H23N3O/c1-17(2)18(3)10-11-19(17,16(23)22(4)5)15-14(18)20-12-8-6-7-9-13(12)21-15/h6-9H,10-11H2,1-5H3/t18-,19+/m0/s1. The van der Waals surface area contributed by atoms with Crippen LogP contribution in [0.1, 0.15) is 45.0 Å². The highest BCUT2D eigenvalue weighted by Crippen LogP contribution is 2.70. The Bertz CT molecular complexity index is 842. The first-order valence-corrected chi connectivity index (χ1v) is 8.25. The molecule has 23 heavy (non-hydrogen) atoms. The van der Waals surface area contributed by atoms with Gasteiger partial charge in [0, 0.05) is 19.5 Å². The number of carbonyl (C=O) groups is 1. The molecule has 0 N–H and O–H groups in total. The van der Waals surface area contributed by atoms with Crippen molar-refractivity contribution in [1.82, 2.24) is 14.9 Å². The molecule has 1 fully saturated rings. The van der Waals surface area contributed by atoms with E-state index >= 15 is 0 Å². The molecule has 2 bridgehead atoms. The molecular weight excluding hydrogens is 286 g/mol. The van der Waals surface area contributed by atoms with Crippen molar-refractivity contribution in [3.05, 3.63) is 35.7 Å². The molecule has 0 aliphatic heterocycles. The zero-order valence-corrected chi connectivity index (χ0v) is 14.5. The zero-order valence-electron chi connectivity index (χ0n) is 14.5. The molecule has 1 aromatic carbocycles. The number of nitrogens with zero attached hydrogens (tertiary/aromatic N) is 3. The van der Waals surface area contributed by atoms with E-state index in [1.807, 2.05) is 38.4 Å². The van der Waals surface area contributed by atoms with Crippen LogP contribution in [-0.2, 0) is 15.6 Å². The highest BCUT2D eigenvalue weighted by atomic mass is 16.2. The average Bonchev–Trinajstić information content (AvgIpc) is 2.81. The second-order valence-corrected chi connectivity index (χ2v) is 7.97. The van der Waals surface area contributed by atoms with Crippen LogP contribution in [0, 0.1) is 5.41 Å². The topological polar surface area (TPSA) is 46.1 Å². The number of para-hydroxylation sites is 2. The third-order valence-corrected chi connectivity index (χ3v) is 6.72. The Kier molecular flexibility index (Phi) is 2.61. The number of likely N-dealkylation sites (N-methyl/N-ethyl adjacent to an activating group) is 1. The van der Waals surface area contributed by atoms with Gasteiger partial charge in [-0.2, -0.15) is 0 Å². The summed E-state index contributed by atoms with van der Waals surface area (Å²) in [6.07, 6.45) is 1.84. The van der Waals surface area contributed by atoms with Crippen LogP contribution in [0.4, 0.5) is 0 Å². The van der Waals surface area contributed by atoms with Gasteiger partial charge in [-0.15, -0.1) is 0 Å². The summed E-state index contributed by atoms with van der Waals surface area (Å²) in [6.45, 7) is 6.69. The summed E-state index contributed by atoms with van der Waals surface area (Å²) in [5.74, 6) is 0.162. The second kappa shape index (κ2) is 4.11. The predicted octanol–water partition coefficient (Wildman–Crippen LogP) is 3.05. The Hall–Kier alpha value is -1.97. The fourth-order valence-corrected chi connectivity index (χ4v) is 4.90. The third-order valence-electron chi connectivity index (χ3n) is 6.72. The van der Waals surface area contributed by atoms with Crippen molar-refractivity contribution in [2.75, 3.05) is 14.1 Å². The van der Waals surface area contributed by atoms with Crippen molar-refractivity contribution >= 4 is 16.9 Å². The molecule has 4 rings (SSSR count). The van der Waals surface area contributed by atoms with Crippen LogP contribution in [0.2, 0.25) is 0 Å². The molecular formula is C19H23N3O. The van der Waals surface area contributed by atoms with Gasteiger partial charge in [0.15, 0.2) is 0 Å². The van der Waals surface area contributed by atoms with Gasteiger partial charge in [0.1, 0.15) is 0 Å². The number of rotatable bonds is 1. The molecule has 2 aliphatic rings. The number of carbonyl (C=O) groups excluding carboxylic acids is 1. The maximum Gasteiger partial charge on any atom is 0.234 e. The minimum absolute atomic E-state index is 0.106. The van der Waals surface area contributed by atoms with Crippen LogP contribution >= 0.6 is 0 Å². The van der Waals surface area contributed by atoms with E-state index in [0.29, 0.717) is 0 Å². The fourth-order valence-electron chi connectivity index (χ4n) is 4.90. The number of amides is 1. The predicted molar refractivity (Wildman–Crippen MR) is 90.3 cm³/mol. The van der Waals surface area contributed by atoms with E-state index in [4.69, 9.17) is 9.97 Å². The van der Waals surface area contributed by atoms with E-state index in [-0.39, 0.29) is 16.7 Å². The second-order valence-electron chi connectivity index (χ2n) is 7.97. The first-order chi connectivity index (χ1) is 10.8. The largest absolute Gasteiger partial charge is 0.348 e. The molecule has 0 saturated heterocycles. The number of aromatic nitrogens is 2. The maximum atomic E-state index is 13.2. The molecule has 1 saturated carbocycles. The van der Waals surface area contributed by atoms with Gasteiger partial charge in [0.2, 0.25) is 5.91 Å². The number of fused-ring (bicyclic) bond motifs is 6. The van der Waals surface area contributed by atoms with Crippen molar-refractivity contribution < 1.29 is 4.79 Å². The number of benzene rings is 1. The first-order valence-electron chi connectivity index (χ1n) is 8.25. The fraction of sp³-hybridized carbons (Fsp3) is 0.526. The first kappa shape index (κ1) is 14.6. The van der Waals surface area contributed by atoms with Gasteiger partial charge in [0.05, 0.1) is 27.8 Å². The van der Waals surface area contributed by atoms with Crippen LogP contribution in [0.15, 0.2) is 24.3 Å². The summed E-state index contributed by atoms with van der Waals surface area (Å²) in [7, 11) is 3.69. The number of hydrogen-bond acceptors (Lipinski definition) is 3.